The van der Waals surface area contributed by atoms with Gasteiger partial charge in [-0.3, -0.25) is 4.98 Å². The van der Waals surface area contributed by atoms with E-state index in [1.54, 1.807) is 62.0 Å². The lowest BCUT2D eigenvalue weighted by Gasteiger charge is -2.67. The zero-order chi connectivity index (χ0) is 34.8. The minimum absolute atomic E-state index is 0.0646. The Hall–Kier alpha value is -4.51. The first-order valence-corrected chi connectivity index (χ1v) is 17.2. The predicted molar refractivity (Wildman–Crippen MR) is 181 cm³/mol. The highest BCUT2D eigenvalue weighted by Crippen LogP contribution is 2.68. The molecular formula is C40H41NO9. The Morgan fingerprint density at radius 3 is 2.50 bits per heavy atom. The number of fused-ring (bicyclic) bond motifs is 6. The fraction of sp³-hybridized carbons (Fsp3) is 0.425. The summed E-state index contributed by atoms with van der Waals surface area (Å²) in [4.78, 5) is 31.7. The van der Waals surface area contributed by atoms with Crippen molar-refractivity contribution in [3.8, 4) is 22.8 Å². The maximum absolute atomic E-state index is 13.8. The highest BCUT2D eigenvalue weighted by Gasteiger charge is 2.71. The van der Waals surface area contributed by atoms with E-state index in [9.17, 15) is 14.7 Å². The van der Waals surface area contributed by atoms with Crippen LogP contribution >= 0.6 is 0 Å². The molecule has 2 saturated carbocycles. The van der Waals surface area contributed by atoms with Crippen molar-refractivity contribution in [1.29, 1.82) is 0 Å². The number of ether oxygens (including phenoxy) is 5. The minimum atomic E-state index is -1.26. The van der Waals surface area contributed by atoms with Gasteiger partial charge in [0.1, 0.15) is 34.5 Å². The van der Waals surface area contributed by atoms with Crippen LogP contribution in [0.2, 0.25) is 0 Å². The van der Waals surface area contributed by atoms with Gasteiger partial charge in [-0.05, 0) is 73.9 Å². The molecule has 2 aromatic carbocycles. The first-order valence-electron chi connectivity index (χ1n) is 17.2. The molecule has 9 atom stereocenters. The van der Waals surface area contributed by atoms with Gasteiger partial charge in [0.25, 0.3) is 0 Å². The number of nitrogens with zero attached hydrogens (tertiary/aromatic N) is 1. The highest BCUT2D eigenvalue weighted by molar-refractivity contribution is 5.89. The van der Waals surface area contributed by atoms with Crippen molar-refractivity contribution in [1.82, 2.24) is 4.98 Å². The fourth-order valence-corrected chi connectivity index (χ4v) is 9.56. The van der Waals surface area contributed by atoms with Crippen molar-refractivity contribution in [2.75, 3.05) is 13.7 Å². The number of hydrogen-bond acceptors (Lipinski definition) is 10. The Morgan fingerprint density at radius 1 is 1.00 bits per heavy atom. The number of esters is 1. The quantitative estimate of drug-likeness (QED) is 0.228. The number of benzene rings is 2. The number of methoxy groups -OCH3 is 1. The first kappa shape index (κ1) is 32.7. The number of hydrogen-bond donors (Lipinski definition) is 1. The molecule has 8 rings (SSSR count). The topological polar surface area (TPSA) is 127 Å². The molecular weight excluding hydrogens is 638 g/mol. The summed E-state index contributed by atoms with van der Waals surface area (Å²) in [5, 5.41) is 12.4. The lowest BCUT2D eigenvalue weighted by Crippen LogP contribution is -2.71. The summed E-state index contributed by atoms with van der Waals surface area (Å²) in [5.41, 5.74) is -0.994. The number of aliphatic hydroxyl groups is 1. The van der Waals surface area contributed by atoms with E-state index >= 15 is 0 Å². The molecule has 3 fully saturated rings. The normalized spacial score (nSPS) is 34.2. The molecule has 1 saturated heterocycles. The van der Waals surface area contributed by atoms with Crippen molar-refractivity contribution in [3.05, 3.63) is 112 Å². The molecule has 3 unspecified atom stereocenters. The molecule has 10 heteroatoms. The van der Waals surface area contributed by atoms with Crippen LogP contribution in [0.1, 0.15) is 73.9 Å². The minimum Gasteiger partial charge on any atom is -0.497 e. The molecule has 260 valence electrons. The fourth-order valence-electron chi connectivity index (χ4n) is 9.56. The highest BCUT2D eigenvalue weighted by atomic mass is 16.7. The van der Waals surface area contributed by atoms with Crippen LogP contribution in [0.25, 0.3) is 11.3 Å². The molecule has 10 nitrogen and oxygen atoms in total. The number of aliphatic hydroxyl groups excluding tert-OH is 1. The van der Waals surface area contributed by atoms with Gasteiger partial charge in [0.2, 0.25) is 0 Å². The summed E-state index contributed by atoms with van der Waals surface area (Å²) >= 11 is 0. The summed E-state index contributed by atoms with van der Waals surface area (Å²) in [6.07, 6.45) is 2.34. The third-order valence-corrected chi connectivity index (χ3v) is 12.0. The van der Waals surface area contributed by atoms with E-state index in [2.05, 4.69) is 18.8 Å². The zero-order valence-electron chi connectivity index (χ0n) is 28.5. The van der Waals surface area contributed by atoms with E-state index in [4.69, 9.17) is 28.1 Å². The summed E-state index contributed by atoms with van der Waals surface area (Å²) in [6, 6.07) is 21.8. The van der Waals surface area contributed by atoms with Gasteiger partial charge >= 0.3 is 11.6 Å². The SMILES string of the molecule is COc1ccc(C(=O)O[C@H]2CC3[C@](C)(CC[C@@H]4OC(c5ccccc5)OC[C@@]34C)C3[C@@H](O)c4c(cc(-c5cccnc5)oc4=O)O[C@@]32C)cc1. The summed E-state index contributed by atoms with van der Waals surface area (Å²) in [5.74, 6) is -0.223. The first-order chi connectivity index (χ1) is 24.0. The second-order valence-corrected chi connectivity index (χ2v) is 14.8. The standard InChI is InChI=1S/C40H41NO9/c1-38-17-16-30-39(2,22-46-37(49-30)24-9-6-5-7-10-24)29(38)20-31(48-35(43)23-12-14-26(45-4)15-13-23)40(3)34(38)33(42)32-28(50-40)19-27(47-36(32)44)25-11-8-18-41-21-25/h5-15,18-19,21,29-31,33-34,37,42H,16-17,20,22H2,1-4H3/t29?,30-,31-,33-,34?,37?,38-,39-,40+/m0/s1. The lowest BCUT2D eigenvalue weighted by molar-refractivity contribution is -0.330. The van der Waals surface area contributed by atoms with Gasteiger partial charge in [0, 0.05) is 40.9 Å². The monoisotopic (exact) mass is 679 g/mol. The van der Waals surface area contributed by atoms with Gasteiger partial charge in [0.15, 0.2) is 6.29 Å². The number of aromatic nitrogens is 1. The Balaban J connectivity index is 1.21. The maximum atomic E-state index is 13.8. The van der Waals surface area contributed by atoms with Crippen LogP contribution in [-0.2, 0) is 14.2 Å². The number of rotatable bonds is 5. The molecule has 4 heterocycles. The average Bonchev–Trinajstić information content (AvgIpc) is 3.12. The number of carbonyl (C=O) groups excluding carboxylic acids is 1. The van der Waals surface area contributed by atoms with Gasteiger partial charge in [-0.15, -0.1) is 0 Å². The lowest BCUT2D eigenvalue weighted by atomic mass is 9.42. The third-order valence-electron chi connectivity index (χ3n) is 12.0. The van der Waals surface area contributed by atoms with Gasteiger partial charge in [-0.2, -0.15) is 0 Å². The Kier molecular flexibility index (Phi) is 7.89. The molecule has 0 spiro atoms. The zero-order valence-corrected chi connectivity index (χ0v) is 28.5. The van der Waals surface area contributed by atoms with E-state index in [-0.39, 0.29) is 29.1 Å². The Bertz CT molecular complexity index is 1950. The summed E-state index contributed by atoms with van der Waals surface area (Å²) < 4.78 is 37.5. The van der Waals surface area contributed by atoms with Gasteiger partial charge in [-0.25, -0.2) is 9.59 Å². The van der Waals surface area contributed by atoms with E-state index < -0.39 is 52.4 Å². The van der Waals surface area contributed by atoms with Crippen molar-refractivity contribution in [3.63, 3.8) is 0 Å². The van der Waals surface area contributed by atoms with Gasteiger partial charge in [-0.1, -0.05) is 44.2 Å². The average molecular weight is 680 g/mol. The van der Waals surface area contributed by atoms with E-state index in [0.29, 0.717) is 42.7 Å². The predicted octanol–water partition coefficient (Wildman–Crippen LogP) is 6.68. The second kappa shape index (κ2) is 12.1. The molecule has 2 aliphatic heterocycles. The molecule has 50 heavy (non-hydrogen) atoms. The number of carbonyl (C=O) groups is 1. The maximum Gasteiger partial charge on any atom is 0.345 e. The number of pyridine rings is 1. The van der Waals surface area contributed by atoms with Crippen molar-refractivity contribution >= 4 is 5.97 Å². The van der Waals surface area contributed by atoms with Crippen molar-refractivity contribution < 1.29 is 38.0 Å². The van der Waals surface area contributed by atoms with Crippen LogP contribution in [0, 0.1) is 22.7 Å². The molecule has 0 amide bonds. The largest absolute Gasteiger partial charge is 0.497 e. The van der Waals surface area contributed by atoms with Crippen LogP contribution in [-0.4, -0.2) is 47.6 Å². The Labute approximate surface area is 290 Å². The van der Waals surface area contributed by atoms with Crippen molar-refractivity contribution in [2.24, 2.45) is 22.7 Å². The van der Waals surface area contributed by atoms with Crippen LogP contribution < -0.4 is 15.1 Å². The molecule has 4 aromatic rings. The molecule has 0 radical (unpaired) electrons. The van der Waals surface area contributed by atoms with Crippen molar-refractivity contribution in [2.45, 2.75) is 70.2 Å². The Morgan fingerprint density at radius 2 is 1.78 bits per heavy atom. The van der Waals surface area contributed by atoms with E-state index in [0.717, 1.165) is 5.56 Å². The summed E-state index contributed by atoms with van der Waals surface area (Å²) in [7, 11) is 1.57. The van der Waals surface area contributed by atoms with Crippen LogP contribution in [0.4, 0.5) is 0 Å². The van der Waals surface area contributed by atoms with E-state index in [1.807, 2.05) is 37.3 Å². The van der Waals surface area contributed by atoms with E-state index in [1.165, 1.54) is 0 Å². The van der Waals surface area contributed by atoms with Crippen LogP contribution in [0.3, 0.4) is 0 Å². The van der Waals surface area contributed by atoms with Crippen LogP contribution in [0.15, 0.2) is 94.4 Å². The second-order valence-electron chi connectivity index (χ2n) is 14.8. The third kappa shape index (κ3) is 5.07. The molecule has 1 N–H and O–H groups in total. The smallest absolute Gasteiger partial charge is 0.345 e. The molecule has 4 aliphatic rings. The van der Waals surface area contributed by atoms with Gasteiger partial charge < -0.3 is 33.2 Å². The van der Waals surface area contributed by atoms with Crippen LogP contribution in [0.5, 0.6) is 11.5 Å². The molecule has 2 aliphatic carbocycles. The molecule has 0 bridgehead atoms. The van der Waals surface area contributed by atoms with Gasteiger partial charge in [0.05, 0.1) is 31.5 Å². The summed E-state index contributed by atoms with van der Waals surface area (Å²) in [6.45, 7) is 6.63. The molecule has 2 aromatic heterocycles.